The van der Waals surface area contributed by atoms with E-state index < -0.39 is 0 Å². The van der Waals surface area contributed by atoms with Crippen LogP contribution in [0.25, 0.3) is 0 Å². The minimum absolute atomic E-state index is 0.538. The Kier molecular flexibility index (Phi) is 1.95. The third kappa shape index (κ3) is 1.28. The molecule has 2 rings (SSSR count). The molecule has 0 aliphatic carbocycles. The van der Waals surface area contributed by atoms with Crippen LogP contribution in [0.2, 0.25) is 0 Å². The van der Waals surface area contributed by atoms with E-state index in [1.165, 1.54) is 17.0 Å². The van der Waals surface area contributed by atoms with E-state index in [-0.39, 0.29) is 0 Å². The van der Waals surface area contributed by atoms with E-state index in [9.17, 15) is 0 Å². The molecule has 1 nitrogen and oxygen atoms in total. The number of hydrogen-bond acceptors (Lipinski definition) is 1. The van der Waals surface area contributed by atoms with E-state index in [2.05, 4.69) is 50.0 Å². The van der Waals surface area contributed by atoms with Crippen LogP contribution in [0.15, 0.2) is 29.3 Å². The highest BCUT2D eigenvalue weighted by Crippen LogP contribution is 2.39. The highest BCUT2D eigenvalue weighted by molar-refractivity contribution is 5.96. The van der Waals surface area contributed by atoms with Gasteiger partial charge in [-0.15, -0.1) is 0 Å². The first-order valence-corrected chi connectivity index (χ1v) is 4.84. The summed E-state index contributed by atoms with van der Waals surface area (Å²) in [6.45, 7) is 6.64. The molecule has 0 radical (unpaired) electrons. The van der Waals surface area contributed by atoms with Gasteiger partial charge in [0.2, 0.25) is 0 Å². The number of hydrogen-bond donors (Lipinski definition) is 0. The summed E-state index contributed by atoms with van der Waals surface area (Å²) in [6.07, 6.45) is 0. The van der Waals surface area contributed by atoms with Crippen molar-refractivity contribution >= 4 is 11.4 Å². The van der Waals surface area contributed by atoms with Gasteiger partial charge in [0.25, 0.3) is 0 Å². The average Bonchev–Trinajstić information content (AvgIpc) is 2.39. The second kappa shape index (κ2) is 2.99. The van der Waals surface area contributed by atoms with Crippen LogP contribution in [0.3, 0.4) is 0 Å². The van der Waals surface area contributed by atoms with Gasteiger partial charge in [0.05, 0.1) is 5.69 Å². The van der Waals surface area contributed by atoms with Gasteiger partial charge in [-0.25, -0.2) is 0 Å². The first kappa shape index (κ1) is 8.49. The Balaban J connectivity index is 2.49. The molecule has 1 aromatic rings. The Morgan fingerprint density at radius 3 is 2.62 bits per heavy atom. The number of benzene rings is 1. The molecule has 0 aromatic heterocycles. The maximum absolute atomic E-state index is 4.57. The van der Waals surface area contributed by atoms with Crippen LogP contribution in [0.5, 0.6) is 0 Å². The standard InChI is InChI=1S/C12H15N/c1-8(2)12-9(3)13-11-7-5-4-6-10(11)12/h4-8,12H,1-3H3. The summed E-state index contributed by atoms with van der Waals surface area (Å²) >= 11 is 0. The van der Waals surface area contributed by atoms with Crippen LogP contribution < -0.4 is 0 Å². The minimum Gasteiger partial charge on any atom is -0.257 e. The van der Waals surface area contributed by atoms with Crippen molar-refractivity contribution in [2.45, 2.75) is 26.7 Å². The maximum atomic E-state index is 4.57. The molecule has 13 heavy (non-hydrogen) atoms. The third-order valence-electron chi connectivity index (χ3n) is 2.69. The molecule has 1 atom stereocenters. The van der Waals surface area contributed by atoms with Gasteiger partial charge in [-0.05, 0) is 24.5 Å². The lowest BCUT2D eigenvalue weighted by molar-refractivity contribution is 0.609. The zero-order chi connectivity index (χ0) is 9.42. The second-order valence-corrected chi connectivity index (χ2v) is 4.03. The number of aliphatic imine (C=N–C) groups is 1. The van der Waals surface area contributed by atoms with Crippen molar-refractivity contribution in [2.75, 3.05) is 0 Å². The lowest BCUT2D eigenvalue weighted by atomic mass is 9.86. The molecular formula is C12H15N. The number of para-hydroxylation sites is 1. The lowest BCUT2D eigenvalue weighted by Crippen LogP contribution is -2.11. The van der Waals surface area contributed by atoms with Crippen molar-refractivity contribution in [1.82, 2.24) is 0 Å². The third-order valence-corrected chi connectivity index (χ3v) is 2.69. The summed E-state index contributed by atoms with van der Waals surface area (Å²) in [5.74, 6) is 1.18. The predicted octanol–water partition coefficient (Wildman–Crippen LogP) is 3.53. The summed E-state index contributed by atoms with van der Waals surface area (Å²) < 4.78 is 0. The number of fused-ring (bicyclic) bond motifs is 1. The zero-order valence-electron chi connectivity index (χ0n) is 8.41. The topological polar surface area (TPSA) is 12.4 Å². The van der Waals surface area contributed by atoms with Crippen LogP contribution in [0.4, 0.5) is 5.69 Å². The van der Waals surface area contributed by atoms with Crippen molar-refractivity contribution in [1.29, 1.82) is 0 Å². The summed E-state index contributed by atoms with van der Waals surface area (Å²) in [6, 6.07) is 8.45. The molecule has 0 saturated heterocycles. The highest BCUT2D eigenvalue weighted by atomic mass is 14.8. The van der Waals surface area contributed by atoms with E-state index >= 15 is 0 Å². The van der Waals surface area contributed by atoms with Gasteiger partial charge in [-0.1, -0.05) is 32.0 Å². The molecule has 1 heteroatoms. The molecular weight excluding hydrogens is 158 g/mol. The molecule has 1 heterocycles. The van der Waals surface area contributed by atoms with Crippen molar-refractivity contribution in [3.05, 3.63) is 29.8 Å². The zero-order valence-corrected chi connectivity index (χ0v) is 8.41. The average molecular weight is 173 g/mol. The van der Waals surface area contributed by atoms with Crippen LogP contribution in [0.1, 0.15) is 32.3 Å². The molecule has 1 aromatic carbocycles. The first-order valence-electron chi connectivity index (χ1n) is 4.84. The summed E-state index contributed by atoms with van der Waals surface area (Å²) in [4.78, 5) is 4.57. The molecule has 0 saturated carbocycles. The first-order chi connectivity index (χ1) is 6.20. The quantitative estimate of drug-likeness (QED) is 0.616. The molecule has 0 bridgehead atoms. The SMILES string of the molecule is CC1=Nc2ccccc2C1C(C)C. The van der Waals surface area contributed by atoms with Gasteiger partial charge in [0.1, 0.15) is 0 Å². The van der Waals surface area contributed by atoms with Gasteiger partial charge in [0, 0.05) is 11.6 Å². The summed E-state index contributed by atoms with van der Waals surface area (Å²) in [7, 11) is 0. The normalized spacial score (nSPS) is 20.3. The van der Waals surface area contributed by atoms with E-state index in [1.54, 1.807) is 0 Å². The second-order valence-electron chi connectivity index (χ2n) is 4.03. The summed E-state index contributed by atoms with van der Waals surface area (Å²) in [5.41, 5.74) is 3.82. The fourth-order valence-corrected chi connectivity index (χ4v) is 2.18. The minimum atomic E-state index is 0.538. The Bertz CT molecular complexity index is 350. The van der Waals surface area contributed by atoms with Crippen molar-refractivity contribution < 1.29 is 0 Å². The molecule has 1 aliphatic heterocycles. The van der Waals surface area contributed by atoms with E-state index in [0.29, 0.717) is 11.8 Å². The smallest absolute Gasteiger partial charge is 0.0667 e. The molecule has 0 spiro atoms. The maximum Gasteiger partial charge on any atom is 0.0667 e. The highest BCUT2D eigenvalue weighted by Gasteiger charge is 2.26. The Hall–Kier alpha value is -1.11. The van der Waals surface area contributed by atoms with Crippen LogP contribution in [-0.2, 0) is 0 Å². The van der Waals surface area contributed by atoms with Crippen LogP contribution in [0, 0.1) is 5.92 Å². The molecule has 68 valence electrons. The molecule has 0 amide bonds. The molecule has 0 fully saturated rings. The fraction of sp³-hybridized carbons (Fsp3) is 0.417. The molecule has 1 aliphatic rings. The van der Waals surface area contributed by atoms with Gasteiger partial charge >= 0.3 is 0 Å². The van der Waals surface area contributed by atoms with Crippen molar-refractivity contribution in [2.24, 2.45) is 10.9 Å². The van der Waals surface area contributed by atoms with Gasteiger partial charge in [-0.2, -0.15) is 0 Å². The monoisotopic (exact) mass is 173 g/mol. The Morgan fingerprint density at radius 2 is 1.92 bits per heavy atom. The Morgan fingerprint density at radius 1 is 1.23 bits per heavy atom. The molecule has 1 unspecified atom stereocenters. The Labute approximate surface area is 79.5 Å². The lowest BCUT2D eigenvalue weighted by Gasteiger charge is -2.15. The van der Waals surface area contributed by atoms with E-state index in [4.69, 9.17) is 0 Å². The van der Waals surface area contributed by atoms with Gasteiger partial charge < -0.3 is 0 Å². The van der Waals surface area contributed by atoms with Crippen LogP contribution >= 0.6 is 0 Å². The fourth-order valence-electron chi connectivity index (χ4n) is 2.18. The van der Waals surface area contributed by atoms with E-state index in [0.717, 1.165) is 0 Å². The summed E-state index contributed by atoms with van der Waals surface area (Å²) in [5, 5.41) is 0. The largest absolute Gasteiger partial charge is 0.257 e. The number of rotatable bonds is 1. The van der Waals surface area contributed by atoms with Crippen LogP contribution in [-0.4, -0.2) is 5.71 Å². The molecule has 0 N–H and O–H groups in total. The van der Waals surface area contributed by atoms with Gasteiger partial charge in [0.15, 0.2) is 0 Å². The van der Waals surface area contributed by atoms with E-state index in [1.807, 2.05) is 0 Å². The van der Waals surface area contributed by atoms with Crippen molar-refractivity contribution in [3.8, 4) is 0 Å². The number of nitrogens with zero attached hydrogens (tertiary/aromatic N) is 1. The predicted molar refractivity (Wildman–Crippen MR) is 56.8 cm³/mol. The van der Waals surface area contributed by atoms with Gasteiger partial charge in [-0.3, -0.25) is 4.99 Å². The van der Waals surface area contributed by atoms with Crippen molar-refractivity contribution in [3.63, 3.8) is 0 Å².